The van der Waals surface area contributed by atoms with E-state index in [-0.39, 0.29) is 4.87 Å². The van der Waals surface area contributed by atoms with Crippen LogP contribution in [0.1, 0.15) is 6.42 Å². The average Bonchev–Trinajstić information content (AvgIpc) is 3.54. The van der Waals surface area contributed by atoms with Crippen molar-refractivity contribution < 1.29 is 0 Å². The van der Waals surface area contributed by atoms with Gasteiger partial charge in [0, 0.05) is 27.7 Å². The number of aromatic nitrogens is 1. The molecule has 4 aliphatic rings. The van der Waals surface area contributed by atoms with E-state index in [1.807, 2.05) is 23.9 Å². The molecular formula is C26H20N4S. The molecule has 0 spiro atoms. The first-order valence-electron chi connectivity index (χ1n) is 10.3. The van der Waals surface area contributed by atoms with Gasteiger partial charge in [0.05, 0.1) is 22.8 Å². The molecule has 4 aliphatic heterocycles. The predicted molar refractivity (Wildman–Crippen MR) is 129 cm³/mol. The second-order valence-electron chi connectivity index (χ2n) is 7.83. The molecule has 6 rings (SSSR count). The molecule has 0 radical (unpaired) electrons. The molecule has 1 aromatic carbocycles. The Kier molecular flexibility index (Phi) is 4.28. The lowest BCUT2D eigenvalue weighted by molar-refractivity contribution is 0.677. The van der Waals surface area contributed by atoms with Gasteiger partial charge in [-0.25, -0.2) is 9.98 Å². The molecule has 2 aromatic rings. The summed E-state index contributed by atoms with van der Waals surface area (Å²) in [6.45, 7) is 0. The van der Waals surface area contributed by atoms with Gasteiger partial charge in [0.15, 0.2) is 0 Å². The van der Waals surface area contributed by atoms with E-state index in [9.17, 15) is 0 Å². The molecule has 31 heavy (non-hydrogen) atoms. The van der Waals surface area contributed by atoms with Gasteiger partial charge in [-0.15, -0.1) is 0 Å². The molecule has 150 valence electrons. The molecule has 8 bridgehead atoms. The van der Waals surface area contributed by atoms with Crippen molar-refractivity contribution in [1.29, 1.82) is 0 Å². The lowest BCUT2D eigenvalue weighted by atomic mass is 10.2. The van der Waals surface area contributed by atoms with Crippen LogP contribution in [0.4, 0.5) is 0 Å². The molecule has 4 nitrogen and oxygen atoms in total. The second kappa shape index (κ2) is 7.29. The summed E-state index contributed by atoms with van der Waals surface area (Å²) in [7, 11) is 0. The first kappa shape index (κ1) is 18.2. The van der Waals surface area contributed by atoms with Crippen LogP contribution in [0.25, 0.3) is 12.2 Å². The number of fused-ring (bicyclic) bond motifs is 6. The Morgan fingerprint density at radius 2 is 1.48 bits per heavy atom. The number of nitrogens with zero attached hydrogens (tertiary/aromatic N) is 2. The fourth-order valence-electron chi connectivity index (χ4n) is 4.02. The topological polar surface area (TPSA) is 52.5 Å². The smallest absolute Gasteiger partial charge is 0.113 e. The lowest BCUT2D eigenvalue weighted by Gasteiger charge is -2.27. The van der Waals surface area contributed by atoms with Crippen LogP contribution in [0.15, 0.2) is 117 Å². The fourth-order valence-corrected chi connectivity index (χ4v) is 5.25. The number of allylic oxidation sites excluding steroid dienone is 5. The second-order valence-corrected chi connectivity index (χ2v) is 9.23. The van der Waals surface area contributed by atoms with Crippen molar-refractivity contribution in [3.05, 3.63) is 113 Å². The highest BCUT2D eigenvalue weighted by atomic mass is 32.2. The van der Waals surface area contributed by atoms with Gasteiger partial charge >= 0.3 is 0 Å². The standard InChI is InChI=1S/C26H20N4S/c1-2-4-25(5-3-1)31-26-13-12-23(30-26)16-22-9-8-19(28-22)14-18-6-7-20(27-18)15-21-10-11-24(17-26)29-21/h1-12,14-17,27,30H,13H2. The van der Waals surface area contributed by atoms with Crippen LogP contribution >= 0.6 is 11.8 Å². The largest absolute Gasteiger partial charge is 0.367 e. The quantitative estimate of drug-likeness (QED) is 0.778. The Labute approximate surface area is 184 Å². The molecule has 1 aromatic heterocycles. The normalized spacial score (nSPS) is 23.2. The van der Waals surface area contributed by atoms with E-state index in [0.717, 1.165) is 45.6 Å². The van der Waals surface area contributed by atoms with Gasteiger partial charge in [-0.1, -0.05) is 36.0 Å². The first-order chi connectivity index (χ1) is 15.2. The van der Waals surface area contributed by atoms with Crippen LogP contribution in [0.5, 0.6) is 0 Å². The molecular weight excluding hydrogens is 400 g/mol. The summed E-state index contributed by atoms with van der Waals surface area (Å²) in [5, 5.41) is 5.79. The van der Waals surface area contributed by atoms with Crippen LogP contribution in [0, 0.1) is 0 Å². The van der Waals surface area contributed by atoms with Gasteiger partial charge < -0.3 is 10.3 Å². The third kappa shape index (κ3) is 3.80. The monoisotopic (exact) mass is 420 g/mol. The minimum atomic E-state index is -0.302. The van der Waals surface area contributed by atoms with Gasteiger partial charge in [-0.2, -0.15) is 0 Å². The number of nitrogens with one attached hydrogen (secondary N) is 2. The zero-order valence-corrected chi connectivity index (χ0v) is 17.6. The summed E-state index contributed by atoms with van der Waals surface area (Å²) in [4.78, 5) is 13.9. The van der Waals surface area contributed by atoms with E-state index < -0.39 is 0 Å². The van der Waals surface area contributed by atoms with E-state index in [4.69, 9.17) is 9.98 Å². The van der Waals surface area contributed by atoms with Crippen LogP contribution in [-0.4, -0.2) is 21.3 Å². The zero-order valence-electron chi connectivity index (χ0n) is 16.7. The van der Waals surface area contributed by atoms with E-state index >= 15 is 0 Å². The average molecular weight is 421 g/mol. The molecule has 1 atom stereocenters. The zero-order chi connectivity index (χ0) is 20.7. The summed E-state index contributed by atoms with van der Waals surface area (Å²) in [5.74, 6) is 0. The molecule has 5 heterocycles. The van der Waals surface area contributed by atoms with Crippen molar-refractivity contribution in [1.82, 2.24) is 10.3 Å². The van der Waals surface area contributed by atoms with E-state index in [1.165, 1.54) is 4.90 Å². The molecule has 2 N–H and O–H groups in total. The molecule has 0 saturated heterocycles. The van der Waals surface area contributed by atoms with Gasteiger partial charge in [-0.05, 0) is 72.9 Å². The number of benzene rings is 1. The highest BCUT2D eigenvalue weighted by molar-refractivity contribution is 8.00. The van der Waals surface area contributed by atoms with Crippen molar-refractivity contribution in [3.63, 3.8) is 0 Å². The molecule has 0 amide bonds. The predicted octanol–water partition coefficient (Wildman–Crippen LogP) is 3.74. The Morgan fingerprint density at radius 1 is 0.774 bits per heavy atom. The van der Waals surface area contributed by atoms with Crippen molar-refractivity contribution in [2.45, 2.75) is 16.2 Å². The van der Waals surface area contributed by atoms with Crippen molar-refractivity contribution >= 4 is 35.3 Å². The minimum Gasteiger partial charge on any atom is -0.367 e. The number of aromatic amines is 1. The molecule has 0 saturated carbocycles. The SMILES string of the molecule is C1=CC2=NC1=CC1=CCC(Sc3ccccc3)(C=C3C=CC(=N3)C=c3ccc([nH]3)=C2)N1. The number of hydrogen-bond donors (Lipinski definition) is 2. The summed E-state index contributed by atoms with van der Waals surface area (Å²) in [6, 6.07) is 14.6. The summed E-state index contributed by atoms with van der Waals surface area (Å²) in [6.07, 6.45) is 19.8. The molecule has 5 heteroatoms. The minimum absolute atomic E-state index is 0.302. The fraction of sp³-hybridized carbons (Fsp3) is 0.0769. The molecule has 0 fully saturated rings. The maximum Gasteiger partial charge on any atom is 0.113 e. The van der Waals surface area contributed by atoms with Crippen molar-refractivity contribution in [2.24, 2.45) is 9.98 Å². The molecule has 0 aliphatic carbocycles. The number of rotatable bonds is 2. The van der Waals surface area contributed by atoms with E-state index in [2.05, 4.69) is 95.3 Å². The first-order valence-corrected chi connectivity index (χ1v) is 11.1. The number of hydrogen-bond acceptors (Lipinski definition) is 4. The van der Waals surface area contributed by atoms with Gasteiger partial charge in [0.2, 0.25) is 0 Å². The van der Waals surface area contributed by atoms with Gasteiger partial charge in [0.1, 0.15) is 4.87 Å². The highest BCUT2D eigenvalue weighted by Gasteiger charge is 2.33. The molecule has 1 unspecified atom stereocenters. The van der Waals surface area contributed by atoms with Crippen LogP contribution < -0.4 is 16.0 Å². The maximum absolute atomic E-state index is 4.85. The van der Waals surface area contributed by atoms with Crippen LogP contribution in [-0.2, 0) is 0 Å². The Balaban J connectivity index is 1.47. The number of H-pyrrole nitrogens is 1. The summed E-state index contributed by atoms with van der Waals surface area (Å²) < 4.78 is 0. The number of aliphatic imine (C=N–C) groups is 2. The van der Waals surface area contributed by atoms with Crippen molar-refractivity contribution in [2.75, 3.05) is 0 Å². The Hall–Kier alpha value is -3.57. The summed E-state index contributed by atoms with van der Waals surface area (Å²) in [5.41, 5.74) is 4.88. The van der Waals surface area contributed by atoms with E-state index in [1.54, 1.807) is 0 Å². The summed E-state index contributed by atoms with van der Waals surface area (Å²) >= 11 is 1.82. The van der Waals surface area contributed by atoms with Crippen LogP contribution in [0.2, 0.25) is 0 Å². The van der Waals surface area contributed by atoms with Crippen molar-refractivity contribution in [3.8, 4) is 0 Å². The third-order valence-electron chi connectivity index (χ3n) is 5.41. The Morgan fingerprint density at radius 3 is 2.26 bits per heavy atom. The van der Waals surface area contributed by atoms with E-state index in [0.29, 0.717) is 0 Å². The van der Waals surface area contributed by atoms with Gasteiger partial charge in [0.25, 0.3) is 0 Å². The Bertz CT molecular complexity index is 1400. The third-order valence-corrected chi connectivity index (χ3v) is 6.67. The van der Waals surface area contributed by atoms with Crippen LogP contribution in [0.3, 0.4) is 0 Å². The maximum atomic E-state index is 4.85. The number of thioether (sulfide) groups is 1. The lowest BCUT2D eigenvalue weighted by Crippen LogP contribution is -2.34. The highest BCUT2D eigenvalue weighted by Crippen LogP contribution is 2.41. The van der Waals surface area contributed by atoms with Gasteiger partial charge in [-0.3, -0.25) is 0 Å².